The molecule has 3 rings (SSSR count). The Bertz CT molecular complexity index is 786. The molecule has 1 fully saturated rings. The van der Waals surface area contributed by atoms with Gasteiger partial charge >= 0.3 is 0 Å². The zero-order valence-corrected chi connectivity index (χ0v) is 15.3. The molecule has 1 saturated heterocycles. The molecule has 0 spiro atoms. The van der Waals surface area contributed by atoms with E-state index in [1.165, 1.54) is 12.1 Å². The molecule has 0 unspecified atom stereocenters. The normalized spacial score (nSPS) is 20.8. The first-order valence-corrected chi connectivity index (χ1v) is 8.74. The van der Waals surface area contributed by atoms with Gasteiger partial charge in [0.05, 0.1) is 18.2 Å². The van der Waals surface area contributed by atoms with Gasteiger partial charge in [-0.2, -0.15) is 0 Å². The summed E-state index contributed by atoms with van der Waals surface area (Å²) in [5.41, 5.74) is 0.686. The van der Waals surface area contributed by atoms with Crippen molar-refractivity contribution in [3.05, 3.63) is 65.5 Å². The fraction of sp³-hybridized carbons (Fsp3) is 0.381. The summed E-state index contributed by atoms with van der Waals surface area (Å²) in [5, 5.41) is 9.63. The van der Waals surface area contributed by atoms with Gasteiger partial charge in [0, 0.05) is 6.54 Å². The minimum Gasteiger partial charge on any atom is -0.508 e. The summed E-state index contributed by atoms with van der Waals surface area (Å²) in [5.74, 6) is -1.20. The Labute approximate surface area is 153 Å². The molecule has 0 saturated carbocycles. The Morgan fingerprint density at radius 2 is 1.85 bits per heavy atom. The molecule has 4 nitrogen and oxygen atoms in total. The number of carbonyl (C=O) groups is 1. The van der Waals surface area contributed by atoms with Crippen LogP contribution in [0.3, 0.4) is 0 Å². The van der Waals surface area contributed by atoms with Crippen LogP contribution in [0.2, 0.25) is 0 Å². The number of phenolic OH excluding ortho intramolecular Hbond substituents is 1. The summed E-state index contributed by atoms with van der Waals surface area (Å²) in [6.07, 6.45) is -0.468. The molecule has 0 aliphatic carbocycles. The van der Waals surface area contributed by atoms with Crippen molar-refractivity contribution in [1.82, 2.24) is 4.90 Å². The maximum atomic E-state index is 14.1. The van der Waals surface area contributed by atoms with E-state index in [1.807, 2.05) is 30.3 Å². The van der Waals surface area contributed by atoms with Gasteiger partial charge in [0.2, 0.25) is 0 Å². The largest absolute Gasteiger partial charge is 0.508 e. The van der Waals surface area contributed by atoms with Crippen molar-refractivity contribution in [2.24, 2.45) is 5.41 Å². The second-order valence-electron chi connectivity index (χ2n) is 7.76. The fourth-order valence-electron chi connectivity index (χ4n) is 3.10. The third-order valence-electron chi connectivity index (χ3n) is 4.71. The summed E-state index contributed by atoms with van der Waals surface area (Å²) in [6, 6.07) is 13.2. The highest BCUT2D eigenvalue weighted by Gasteiger charge is 2.38. The van der Waals surface area contributed by atoms with Crippen LogP contribution in [-0.2, 0) is 4.74 Å². The first-order valence-electron chi connectivity index (χ1n) is 8.74. The SMILES string of the molecule is CC(C)(C)[C@H]1CN(C(=O)c2cc(O)ccc2F)C[C@@H](c2ccccc2)O1. The maximum Gasteiger partial charge on any atom is 0.257 e. The topological polar surface area (TPSA) is 49.8 Å². The van der Waals surface area contributed by atoms with Gasteiger partial charge in [-0.05, 0) is 29.2 Å². The standard InChI is InChI=1S/C21H24FNO3/c1-21(2,3)19-13-23(12-18(26-19)14-7-5-4-6-8-14)20(25)16-11-15(24)9-10-17(16)22/h4-11,18-19,24H,12-13H2,1-3H3/t18-,19+/m0/s1. The molecule has 2 atom stereocenters. The van der Waals surface area contributed by atoms with E-state index in [4.69, 9.17) is 4.74 Å². The van der Waals surface area contributed by atoms with Gasteiger partial charge in [0.1, 0.15) is 17.7 Å². The average Bonchev–Trinajstić information content (AvgIpc) is 2.63. The number of amides is 1. The Morgan fingerprint density at radius 3 is 2.50 bits per heavy atom. The molecule has 1 aliphatic rings. The van der Waals surface area contributed by atoms with E-state index in [2.05, 4.69) is 20.8 Å². The van der Waals surface area contributed by atoms with E-state index in [0.717, 1.165) is 11.6 Å². The van der Waals surface area contributed by atoms with E-state index in [-0.39, 0.29) is 28.9 Å². The van der Waals surface area contributed by atoms with Crippen LogP contribution >= 0.6 is 0 Å². The number of nitrogens with zero attached hydrogens (tertiary/aromatic N) is 1. The Morgan fingerprint density at radius 1 is 1.15 bits per heavy atom. The lowest BCUT2D eigenvalue weighted by Gasteiger charge is -2.43. The summed E-state index contributed by atoms with van der Waals surface area (Å²) >= 11 is 0. The van der Waals surface area contributed by atoms with Gasteiger partial charge in [-0.15, -0.1) is 0 Å². The summed E-state index contributed by atoms with van der Waals surface area (Å²) in [4.78, 5) is 14.6. The molecule has 138 valence electrons. The Balaban J connectivity index is 1.92. The van der Waals surface area contributed by atoms with Crippen molar-refractivity contribution in [2.75, 3.05) is 13.1 Å². The van der Waals surface area contributed by atoms with Crippen LogP contribution in [-0.4, -0.2) is 35.1 Å². The molecule has 0 aromatic heterocycles. The van der Waals surface area contributed by atoms with Crippen molar-refractivity contribution in [3.63, 3.8) is 0 Å². The quantitative estimate of drug-likeness (QED) is 0.878. The fourth-order valence-corrected chi connectivity index (χ4v) is 3.10. The van der Waals surface area contributed by atoms with Crippen LogP contribution < -0.4 is 0 Å². The lowest BCUT2D eigenvalue weighted by Crippen LogP contribution is -2.51. The third kappa shape index (κ3) is 3.88. The summed E-state index contributed by atoms with van der Waals surface area (Å²) in [7, 11) is 0. The molecule has 2 aromatic carbocycles. The number of ether oxygens (including phenoxy) is 1. The van der Waals surface area contributed by atoms with Gasteiger partial charge < -0.3 is 14.7 Å². The van der Waals surface area contributed by atoms with Crippen molar-refractivity contribution in [1.29, 1.82) is 0 Å². The predicted octanol–water partition coefficient (Wildman–Crippen LogP) is 4.16. The second kappa shape index (κ2) is 7.08. The van der Waals surface area contributed by atoms with E-state index in [9.17, 15) is 14.3 Å². The van der Waals surface area contributed by atoms with Crippen molar-refractivity contribution >= 4 is 5.91 Å². The maximum absolute atomic E-state index is 14.1. The van der Waals surface area contributed by atoms with Crippen LogP contribution in [0.5, 0.6) is 5.75 Å². The number of phenols is 1. The molecule has 1 N–H and O–H groups in total. The zero-order valence-electron chi connectivity index (χ0n) is 15.3. The molecule has 1 amide bonds. The number of carbonyl (C=O) groups excluding carboxylic acids is 1. The molecule has 0 radical (unpaired) electrons. The van der Waals surface area contributed by atoms with Crippen LogP contribution in [0, 0.1) is 11.2 Å². The highest BCUT2D eigenvalue weighted by molar-refractivity contribution is 5.95. The number of benzene rings is 2. The van der Waals surface area contributed by atoms with E-state index < -0.39 is 11.7 Å². The molecule has 5 heteroatoms. The van der Waals surface area contributed by atoms with Crippen molar-refractivity contribution in [2.45, 2.75) is 33.0 Å². The molecule has 1 aliphatic heterocycles. The smallest absolute Gasteiger partial charge is 0.257 e. The van der Waals surface area contributed by atoms with Crippen molar-refractivity contribution < 1.29 is 19.0 Å². The highest BCUT2D eigenvalue weighted by atomic mass is 19.1. The van der Waals surface area contributed by atoms with Crippen LogP contribution in [0.25, 0.3) is 0 Å². The molecule has 0 bridgehead atoms. The number of hydrogen-bond donors (Lipinski definition) is 1. The number of aromatic hydroxyl groups is 1. The van der Waals surface area contributed by atoms with Crippen molar-refractivity contribution in [3.8, 4) is 5.75 Å². The minimum atomic E-state index is -0.636. The summed E-state index contributed by atoms with van der Waals surface area (Å²) in [6.45, 7) is 6.89. The van der Waals surface area contributed by atoms with Crippen LogP contribution in [0.15, 0.2) is 48.5 Å². The second-order valence-corrected chi connectivity index (χ2v) is 7.76. The van der Waals surface area contributed by atoms with E-state index in [0.29, 0.717) is 13.1 Å². The molecular weight excluding hydrogens is 333 g/mol. The van der Waals surface area contributed by atoms with Gasteiger partial charge in [-0.1, -0.05) is 51.1 Å². The monoisotopic (exact) mass is 357 g/mol. The first kappa shape index (κ1) is 18.4. The Kier molecular flexibility index (Phi) is 5.01. The van der Waals surface area contributed by atoms with Crippen LogP contribution in [0.4, 0.5) is 4.39 Å². The van der Waals surface area contributed by atoms with E-state index in [1.54, 1.807) is 4.90 Å². The lowest BCUT2D eigenvalue weighted by atomic mass is 9.87. The molecular formula is C21H24FNO3. The summed E-state index contributed by atoms with van der Waals surface area (Å²) < 4.78 is 20.4. The average molecular weight is 357 g/mol. The molecule has 2 aromatic rings. The number of halogens is 1. The van der Waals surface area contributed by atoms with Gasteiger partial charge in [0.15, 0.2) is 0 Å². The Hall–Kier alpha value is -2.40. The minimum absolute atomic E-state index is 0.119. The molecule has 26 heavy (non-hydrogen) atoms. The first-order chi connectivity index (χ1) is 12.3. The van der Waals surface area contributed by atoms with Gasteiger partial charge in [-0.25, -0.2) is 4.39 Å². The third-order valence-corrected chi connectivity index (χ3v) is 4.71. The highest BCUT2D eigenvalue weighted by Crippen LogP contribution is 2.34. The van der Waals surface area contributed by atoms with Gasteiger partial charge in [-0.3, -0.25) is 4.79 Å². The number of rotatable bonds is 2. The molecule has 1 heterocycles. The van der Waals surface area contributed by atoms with Crippen LogP contribution in [0.1, 0.15) is 42.8 Å². The van der Waals surface area contributed by atoms with E-state index >= 15 is 0 Å². The predicted molar refractivity (Wildman–Crippen MR) is 97.5 cm³/mol. The zero-order chi connectivity index (χ0) is 18.9. The van der Waals surface area contributed by atoms with Gasteiger partial charge in [0.25, 0.3) is 5.91 Å². The number of hydrogen-bond acceptors (Lipinski definition) is 3. The lowest BCUT2D eigenvalue weighted by molar-refractivity contribution is -0.119. The number of morpholine rings is 1.